The molecule has 1 aliphatic rings. The standard InChI is InChI=1S/C23H31N3O5S2/c1-16-13-17(2)22(18(3)14-16)33(30,31)26-11-9-19(10-12-26)23(27)24-20-7-6-8-21(15-20)32(28,29)25(4)5/h6-8,13-15,19H,9-12H2,1-5H3,(H,24,27). The van der Waals surface area contributed by atoms with Crippen LogP contribution in [0.1, 0.15) is 29.5 Å². The second-order valence-corrected chi connectivity index (χ2v) is 12.7. The summed E-state index contributed by atoms with van der Waals surface area (Å²) >= 11 is 0. The van der Waals surface area contributed by atoms with Gasteiger partial charge in [-0.15, -0.1) is 0 Å². The van der Waals surface area contributed by atoms with Gasteiger partial charge in [0.15, 0.2) is 0 Å². The van der Waals surface area contributed by atoms with Crippen LogP contribution in [0.25, 0.3) is 0 Å². The summed E-state index contributed by atoms with van der Waals surface area (Å²) in [7, 11) is -4.37. The van der Waals surface area contributed by atoms with Crippen molar-refractivity contribution in [2.24, 2.45) is 5.92 Å². The third kappa shape index (κ3) is 5.29. The second-order valence-electron chi connectivity index (χ2n) is 8.71. The van der Waals surface area contributed by atoms with Gasteiger partial charge in [0.05, 0.1) is 9.79 Å². The van der Waals surface area contributed by atoms with E-state index in [0.717, 1.165) is 21.0 Å². The van der Waals surface area contributed by atoms with Gasteiger partial charge in [0.1, 0.15) is 0 Å². The molecule has 1 aliphatic heterocycles. The first-order valence-corrected chi connectivity index (χ1v) is 13.6. The van der Waals surface area contributed by atoms with Crippen LogP contribution in [-0.2, 0) is 24.8 Å². The van der Waals surface area contributed by atoms with E-state index in [1.807, 2.05) is 19.1 Å². The summed E-state index contributed by atoms with van der Waals surface area (Å²) in [6.45, 7) is 6.05. The van der Waals surface area contributed by atoms with Crippen molar-refractivity contribution < 1.29 is 21.6 Å². The summed E-state index contributed by atoms with van der Waals surface area (Å²) in [5.41, 5.74) is 2.85. The predicted octanol–water partition coefficient (Wildman–Crippen LogP) is 2.90. The van der Waals surface area contributed by atoms with E-state index in [2.05, 4.69) is 5.32 Å². The van der Waals surface area contributed by atoms with Crippen LogP contribution in [0.3, 0.4) is 0 Å². The Bertz CT molecular complexity index is 1240. The Labute approximate surface area is 196 Å². The highest BCUT2D eigenvalue weighted by atomic mass is 32.2. The molecule has 0 aliphatic carbocycles. The zero-order chi connectivity index (χ0) is 24.6. The Balaban J connectivity index is 1.69. The third-order valence-electron chi connectivity index (χ3n) is 5.91. The third-order valence-corrected chi connectivity index (χ3v) is 9.92. The van der Waals surface area contributed by atoms with Crippen molar-refractivity contribution in [3.8, 4) is 0 Å². The number of sulfonamides is 2. The molecule has 1 amide bonds. The summed E-state index contributed by atoms with van der Waals surface area (Å²) in [5.74, 6) is -0.597. The smallest absolute Gasteiger partial charge is 0.243 e. The summed E-state index contributed by atoms with van der Waals surface area (Å²) < 4.78 is 53.8. The maximum absolute atomic E-state index is 13.3. The van der Waals surface area contributed by atoms with Crippen LogP contribution in [0.4, 0.5) is 5.69 Å². The van der Waals surface area contributed by atoms with Crippen molar-refractivity contribution in [3.63, 3.8) is 0 Å². The highest BCUT2D eigenvalue weighted by Gasteiger charge is 2.33. The molecule has 0 atom stereocenters. The molecular formula is C23H31N3O5S2. The van der Waals surface area contributed by atoms with Crippen LogP contribution in [-0.4, -0.2) is 58.5 Å². The number of carbonyl (C=O) groups is 1. The molecule has 2 aromatic rings. The fourth-order valence-corrected chi connectivity index (χ4v) is 7.08. The first-order chi connectivity index (χ1) is 15.3. The molecule has 1 N–H and O–H groups in total. The lowest BCUT2D eigenvalue weighted by molar-refractivity contribution is -0.120. The fraction of sp³-hybridized carbons (Fsp3) is 0.435. The minimum atomic E-state index is -3.65. The molecule has 3 rings (SSSR count). The van der Waals surface area contributed by atoms with Crippen molar-refractivity contribution in [1.29, 1.82) is 0 Å². The molecular weight excluding hydrogens is 462 g/mol. The molecule has 0 spiro atoms. The molecule has 180 valence electrons. The number of anilines is 1. The number of amides is 1. The van der Waals surface area contributed by atoms with Crippen molar-refractivity contribution in [2.45, 2.75) is 43.4 Å². The Morgan fingerprint density at radius 2 is 1.55 bits per heavy atom. The highest BCUT2D eigenvalue weighted by molar-refractivity contribution is 7.89. The van der Waals surface area contributed by atoms with Crippen LogP contribution in [0.2, 0.25) is 0 Å². The minimum absolute atomic E-state index is 0.0926. The van der Waals surface area contributed by atoms with E-state index in [-0.39, 0.29) is 29.8 Å². The van der Waals surface area contributed by atoms with Gasteiger partial charge in [0, 0.05) is 38.8 Å². The molecule has 33 heavy (non-hydrogen) atoms. The number of hydrogen-bond donors (Lipinski definition) is 1. The number of benzene rings is 2. The number of hydrogen-bond acceptors (Lipinski definition) is 5. The molecule has 0 aromatic heterocycles. The SMILES string of the molecule is Cc1cc(C)c(S(=O)(=O)N2CCC(C(=O)Nc3cccc(S(=O)(=O)N(C)C)c3)CC2)c(C)c1. The van der Waals surface area contributed by atoms with Gasteiger partial charge in [-0.2, -0.15) is 4.31 Å². The number of piperidine rings is 1. The van der Waals surface area contributed by atoms with Crippen LogP contribution in [0.5, 0.6) is 0 Å². The maximum Gasteiger partial charge on any atom is 0.243 e. The van der Waals surface area contributed by atoms with Crippen LogP contribution < -0.4 is 5.32 Å². The normalized spacial score (nSPS) is 16.2. The average Bonchev–Trinajstić information content (AvgIpc) is 2.73. The van der Waals surface area contributed by atoms with Gasteiger partial charge >= 0.3 is 0 Å². The second kappa shape index (κ2) is 9.54. The van der Waals surface area contributed by atoms with Crippen LogP contribution in [0, 0.1) is 26.7 Å². The van der Waals surface area contributed by atoms with Gasteiger partial charge < -0.3 is 5.32 Å². The first kappa shape index (κ1) is 25.4. The van der Waals surface area contributed by atoms with E-state index in [4.69, 9.17) is 0 Å². The Morgan fingerprint density at radius 1 is 0.970 bits per heavy atom. The van der Waals surface area contributed by atoms with Gasteiger partial charge in [-0.3, -0.25) is 4.79 Å². The van der Waals surface area contributed by atoms with E-state index < -0.39 is 20.0 Å². The zero-order valence-electron chi connectivity index (χ0n) is 19.6. The highest BCUT2D eigenvalue weighted by Crippen LogP contribution is 2.29. The molecule has 8 nitrogen and oxygen atoms in total. The molecule has 0 radical (unpaired) electrons. The Hall–Kier alpha value is -2.27. The average molecular weight is 494 g/mol. The summed E-state index contributed by atoms with van der Waals surface area (Å²) in [6, 6.07) is 9.84. The summed E-state index contributed by atoms with van der Waals surface area (Å²) in [4.78, 5) is 13.2. The number of nitrogens with one attached hydrogen (secondary N) is 1. The Kier molecular flexibility index (Phi) is 7.33. The molecule has 1 heterocycles. The molecule has 1 fully saturated rings. The van der Waals surface area contributed by atoms with E-state index in [0.29, 0.717) is 23.4 Å². The lowest BCUT2D eigenvalue weighted by atomic mass is 9.97. The van der Waals surface area contributed by atoms with Crippen molar-refractivity contribution >= 4 is 31.6 Å². The molecule has 1 saturated heterocycles. The molecule has 0 bridgehead atoms. The van der Waals surface area contributed by atoms with E-state index in [1.165, 1.54) is 30.5 Å². The monoisotopic (exact) mass is 493 g/mol. The summed E-state index contributed by atoms with van der Waals surface area (Å²) in [6.07, 6.45) is 0.787. The number of aryl methyl sites for hydroxylation is 3. The van der Waals surface area contributed by atoms with Crippen LogP contribution >= 0.6 is 0 Å². The molecule has 0 saturated carbocycles. The largest absolute Gasteiger partial charge is 0.326 e. The van der Waals surface area contributed by atoms with Crippen LogP contribution in [0.15, 0.2) is 46.2 Å². The molecule has 10 heteroatoms. The zero-order valence-corrected chi connectivity index (χ0v) is 21.3. The van der Waals surface area contributed by atoms with E-state index in [9.17, 15) is 21.6 Å². The van der Waals surface area contributed by atoms with Gasteiger partial charge in [-0.1, -0.05) is 23.8 Å². The quantitative estimate of drug-likeness (QED) is 0.666. The van der Waals surface area contributed by atoms with E-state index >= 15 is 0 Å². The predicted molar refractivity (Wildman–Crippen MR) is 128 cm³/mol. The summed E-state index contributed by atoms with van der Waals surface area (Å²) in [5, 5.41) is 2.78. The number of rotatable bonds is 6. The number of nitrogens with zero attached hydrogens (tertiary/aromatic N) is 2. The van der Waals surface area contributed by atoms with Gasteiger partial charge in [-0.25, -0.2) is 21.1 Å². The van der Waals surface area contributed by atoms with Crippen molar-refractivity contribution in [1.82, 2.24) is 8.61 Å². The minimum Gasteiger partial charge on any atom is -0.326 e. The molecule has 2 aromatic carbocycles. The lowest BCUT2D eigenvalue weighted by Crippen LogP contribution is -2.41. The maximum atomic E-state index is 13.3. The topological polar surface area (TPSA) is 104 Å². The van der Waals surface area contributed by atoms with Gasteiger partial charge in [0.25, 0.3) is 0 Å². The van der Waals surface area contributed by atoms with E-state index in [1.54, 1.807) is 26.0 Å². The Morgan fingerprint density at radius 3 is 2.09 bits per heavy atom. The lowest BCUT2D eigenvalue weighted by Gasteiger charge is -2.31. The number of carbonyl (C=O) groups excluding carboxylic acids is 1. The fourth-order valence-electron chi connectivity index (χ4n) is 4.25. The van der Waals surface area contributed by atoms with Crippen molar-refractivity contribution in [2.75, 3.05) is 32.5 Å². The van der Waals surface area contributed by atoms with Gasteiger partial charge in [-0.05, 0) is 62.9 Å². The van der Waals surface area contributed by atoms with Crippen molar-refractivity contribution in [3.05, 3.63) is 53.1 Å². The van der Waals surface area contributed by atoms with Gasteiger partial charge in [0.2, 0.25) is 26.0 Å². The molecule has 0 unspecified atom stereocenters. The first-order valence-electron chi connectivity index (χ1n) is 10.8.